The highest BCUT2D eigenvalue weighted by Gasteiger charge is 2.36. The number of aryl methyl sites for hydroxylation is 1. The molecule has 0 bridgehead atoms. The van der Waals surface area contributed by atoms with Crippen LogP contribution >= 0.6 is 0 Å². The van der Waals surface area contributed by atoms with E-state index in [1.54, 1.807) is 0 Å². The maximum atomic E-state index is 13.1. The van der Waals surface area contributed by atoms with Crippen LogP contribution < -0.4 is 0 Å². The molecule has 3 rings (SSSR count). The van der Waals surface area contributed by atoms with Crippen molar-refractivity contribution in [2.24, 2.45) is 18.9 Å². The summed E-state index contributed by atoms with van der Waals surface area (Å²) in [4.78, 5) is 17.2. The van der Waals surface area contributed by atoms with Gasteiger partial charge in [0.2, 0.25) is 0 Å². The summed E-state index contributed by atoms with van der Waals surface area (Å²) in [5.41, 5.74) is 1.77. The van der Waals surface area contributed by atoms with Crippen LogP contribution in [0.3, 0.4) is 0 Å². The number of carbonyl (C=O) groups excluding carboxylic acids is 1. The summed E-state index contributed by atoms with van der Waals surface area (Å²) in [6, 6.07) is 7.81. The highest BCUT2D eigenvalue weighted by molar-refractivity contribution is 6.06. The van der Waals surface area contributed by atoms with Crippen LogP contribution in [0.2, 0.25) is 0 Å². The van der Waals surface area contributed by atoms with E-state index >= 15 is 0 Å². The number of fused-ring (bicyclic) bond motifs is 1. The fraction of sp³-hybridized carbons (Fsp3) is 0.550. The lowest BCUT2D eigenvalue weighted by molar-refractivity contribution is 0.0780. The van der Waals surface area contributed by atoms with Crippen molar-refractivity contribution in [2.45, 2.75) is 6.92 Å². The predicted molar refractivity (Wildman–Crippen MR) is 102 cm³/mol. The molecule has 2 heterocycles. The van der Waals surface area contributed by atoms with Crippen LogP contribution in [-0.2, 0) is 7.05 Å². The number of aliphatic hydroxyl groups excluding tert-OH is 2. The standard InChI is InChI=1S/C20H29N3O3/c1-3-22(9-10-24)11-15-12-23(13-16(15)14-25)20(26)18-5-4-6-19-17(18)7-8-21(19)2/h4-8,15-16,24-25H,3,9-14H2,1-2H3/t15-,16-/m1/s1. The number of carbonyl (C=O) groups is 1. The number of likely N-dealkylation sites (tertiary alicyclic amines) is 1. The molecule has 0 saturated carbocycles. The normalized spacial score (nSPS) is 20.4. The Labute approximate surface area is 154 Å². The van der Waals surface area contributed by atoms with Crippen molar-refractivity contribution in [3.05, 3.63) is 36.0 Å². The Bertz CT molecular complexity index is 758. The first kappa shape index (κ1) is 18.9. The summed E-state index contributed by atoms with van der Waals surface area (Å²) in [5.74, 6) is 0.347. The Balaban J connectivity index is 1.77. The summed E-state index contributed by atoms with van der Waals surface area (Å²) in [6.07, 6.45) is 1.97. The molecule has 26 heavy (non-hydrogen) atoms. The lowest BCUT2D eigenvalue weighted by atomic mass is 9.96. The summed E-state index contributed by atoms with van der Waals surface area (Å²) < 4.78 is 2.02. The van der Waals surface area contributed by atoms with E-state index in [1.165, 1.54) is 0 Å². The number of nitrogens with zero attached hydrogens (tertiary/aromatic N) is 3. The lowest BCUT2D eigenvalue weighted by Gasteiger charge is -2.25. The van der Waals surface area contributed by atoms with E-state index in [2.05, 4.69) is 11.8 Å². The van der Waals surface area contributed by atoms with Crippen molar-refractivity contribution in [3.8, 4) is 0 Å². The Morgan fingerprint density at radius 2 is 2.00 bits per heavy atom. The van der Waals surface area contributed by atoms with Crippen LogP contribution in [0.5, 0.6) is 0 Å². The number of benzene rings is 1. The van der Waals surface area contributed by atoms with Crippen LogP contribution in [-0.4, -0.2) is 76.4 Å². The number of likely N-dealkylation sites (N-methyl/N-ethyl adjacent to an activating group) is 1. The molecule has 2 atom stereocenters. The van der Waals surface area contributed by atoms with Crippen LogP contribution in [0.15, 0.2) is 30.5 Å². The molecule has 1 aliphatic rings. The summed E-state index contributed by atoms with van der Waals surface area (Å²) in [6.45, 7) is 5.78. The minimum absolute atomic E-state index is 0.0351. The molecule has 6 nitrogen and oxygen atoms in total. The Morgan fingerprint density at radius 1 is 1.23 bits per heavy atom. The maximum Gasteiger partial charge on any atom is 0.254 e. The molecule has 1 saturated heterocycles. The van der Waals surface area contributed by atoms with E-state index in [0.29, 0.717) is 19.6 Å². The van der Waals surface area contributed by atoms with Gasteiger partial charge in [0.15, 0.2) is 0 Å². The number of aromatic nitrogens is 1. The van der Waals surface area contributed by atoms with Gasteiger partial charge in [-0.05, 0) is 30.7 Å². The third-order valence-corrected chi connectivity index (χ3v) is 5.61. The minimum Gasteiger partial charge on any atom is -0.396 e. The molecule has 142 valence electrons. The number of rotatable bonds is 7. The first-order valence-electron chi connectivity index (χ1n) is 9.36. The van der Waals surface area contributed by atoms with E-state index < -0.39 is 0 Å². The number of hydrogen-bond donors (Lipinski definition) is 2. The van der Waals surface area contributed by atoms with Gasteiger partial charge in [-0.3, -0.25) is 4.79 Å². The highest BCUT2D eigenvalue weighted by Crippen LogP contribution is 2.28. The number of amides is 1. The monoisotopic (exact) mass is 359 g/mol. The second-order valence-electron chi connectivity index (χ2n) is 7.19. The molecule has 2 aromatic rings. The first-order chi connectivity index (χ1) is 12.6. The average Bonchev–Trinajstić information content (AvgIpc) is 3.24. The Morgan fingerprint density at radius 3 is 2.69 bits per heavy atom. The van der Waals surface area contributed by atoms with E-state index in [0.717, 1.165) is 29.6 Å². The van der Waals surface area contributed by atoms with Gasteiger partial charge in [-0.1, -0.05) is 13.0 Å². The smallest absolute Gasteiger partial charge is 0.254 e. The van der Waals surface area contributed by atoms with Crippen molar-refractivity contribution >= 4 is 16.8 Å². The fourth-order valence-corrected chi connectivity index (χ4v) is 4.03. The second kappa shape index (κ2) is 8.20. The minimum atomic E-state index is 0.0351. The summed E-state index contributed by atoms with van der Waals surface area (Å²) >= 11 is 0. The molecular weight excluding hydrogens is 330 g/mol. The largest absolute Gasteiger partial charge is 0.396 e. The highest BCUT2D eigenvalue weighted by atomic mass is 16.3. The predicted octanol–water partition coefficient (Wildman–Crippen LogP) is 1.17. The number of hydrogen-bond acceptors (Lipinski definition) is 4. The summed E-state index contributed by atoms with van der Waals surface area (Å²) in [5, 5.41) is 20.0. The van der Waals surface area contributed by atoms with Crippen LogP contribution in [0, 0.1) is 11.8 Å². The zero-order chi connectivity index (χ0) is 18.7. The lowest BCUT2D eigenvalue weighted by Crippen LogP contribution is -2.36. The van der Waals surface area contributed by atoms with Crippen molar-refractivity contribution in [1.29, 1.82) is 0 Å². The van der Waals surface area contributed by atoms with Crippen molar-refractivity contribution in [3.63, 3.8) is 0 Å². The van der Waals surface area contributed by atoms with Crippen LogP contribution in [0.25, 0.3) is 10.9 Å². The quantitative estimate of drug-likeness (QED) is 0.779. The molecule has 0 spiro atoms. The van der Waals surface area contributed by atoms with E-state index in [-0.39, 0.29) is 31.0 Å². The molecular formula is C20H29N3O3. The topological polar surface area (TPSA) is 68.9 Å². The summed E-state index contributed by atoms with van der Waals surface area (Å²) in [7, 11) is 1.98. The number of aliphatic hydroxyl groups is 2. The van der Waals surface area contributed by atoms with Gasteiger partial charge in [-0.2, -0.15) is 0 Å². The molecule has 1 amide bonds. The maximum absolute atomic E-state index is 13.1. The molecule has 1 aromatic heterocycles. The molecule has 0 aliphatic carbocycles. The Hall–Kier alpha value is -1.89. The van der Waals surface area contributed by atoms with Gasteiger partial charge >= 0.3 is 0 Å². The third kappa shape index (κ3) is 3.63. The van der Waals surface area contributed by atoms with Gasteiger partial charge in [0.1, 0.15) is 0 Å². The van der Waals surface area contributed by atoms with Crippen LogP contribution in [0.4, 0.5) is 0 Å². The zero-order valence-electron chi connectivity index (χ0n) is 15.6. The first-order valence-corrected chi connectivity index (χ1v) is 9.36. The molecule has 1 aliphatic heterocycles. The zero-order valence-corrected chi connectivity index (χ0v) is 15.6. The third-order valence-electron chi connectivity index (χ3n) is 5.61. The van der Waals surface area contributed by atoms with Gasteiger partial charge < -0.3 is 24.6 Å². The van der Waals surface area contributed by atoms with Gasteiger partial charge in [0.25, 0.3) is 5.91 Å². The van der Waals surface area contributed by atoms with Crippen LogP contribution in [0.1, 0.15) is 17.3 Å². The van der Waals surface area contributed by atoms with Crippen molar-refractivity contribution in [1.82, 2.24) is 14.4 Å². The fourth-order valence-electron chi connectivity index (χ4n) is 4.03. The van der Waals surface area contributed by atoms with E-state index in [1.807, 2.05) is 47.0 Å². The molecule has 6 heteroatoms. The van der Waals surface area contributed by atoms with Gasteiger partial charge in [0.05, 0.1) is 6.61 Å². The molecule has 2 N–H and O–H groups in total. The Kier molecular flexibility index (Phi) is 5.96. The second-order valence-corrected chi connectivity index (χ2v) is 7.19. The molecule has 0 radical (unpaired) electrons. The molecule has 1 fully saturated rings. The molecule has 1 aromatic carbocycles. The van der Waals surface area contributed by atoms with Crippen molar-refractivity contribution < 1.29 is 15.0 Å². The van der Waals surface area contributed by atoms with Crippen molar-refractivity contribution in [2.75, 3.05) is 45.9 Å². The SMILES string of the molecule is CCN(CCO)C[C@@H]1CN(C(=O)c2cccc3c2ccn3C)C[C@@H]1CO. The van der Waals surface area contributed by atoms with E-state index in [9.17, 15) is 15.0 Å². The average molecular weight is 359 g/mol. The van der Waals surface area contributed by atoms with Gasteiger partial charge in [-0.25, -0.2) is 0 Å². The van der Waals surface area contributed by atoms with Gasteiger partial charge in [-0.15, -0.1) is 0 Å². The van der Waals surface area contributed by atoms with Gasteiger partial charge in [0, 0.05) is 68.4 Å². The van der Waals surface area contributed by atoms with E-state index in [4.69, 9.17) is 0 Å². The molecule has 0 unspecified atom stereocenters.